The highest BCUT2D eigenvalue weighted by atomic mass is 32.2. The fourth-order valence-corrected chi connectivity index (χ4v) is 4.26. The molecule has 28 heavy (non-hydrogen) atoms. The highest BCUT2D eigenvalue weighted by Crippen LogP contribution is 2.25. The molecular weight excluding hydrogens is 376 g/mol. The van der Waals surface area contributed by atoms with E-state index in [1.807, 2.05) is 44.2 Å². The van der Waals surface area contributed by atoms with Crippen molar-refractivity contribution in [2.45, 2.75) is 39.3 Å². The molecule has 0 bridgehead atoms. The van der Waals surface area contributed by atoms with Crippen LogP contribution in [0.5, 0.6) is 5.75 Å². The summed E-state index contributed by atoms with van der Waals surface area (Å²) in [5.74, 6) is 0.313. The molecule has 2 aromatic rings. The van der Waals surface area contributed by atoms with Gasteiger partial charge in [0.05, 0.1) is 24.6 Å². The van der Waals surface area contributed by atoms with Crippen LogP contribution >= 0.6 is 0 Å². The second-order valence-electron chi connectivity index (χ2n) is 6.55. The zero-order chi connectivity index (χ0) is 20.7. The molecule has 0 aliphatic carbocycles. The molecule has 0 saturated carbocycles. The first-order valence-corrected chi connectivity index (χ1v) is 11.2. The van der Waals surface area contributed by atoms with Crippen molar-refractivity contribution in [2.75, 3.05) is 17.2 Å². The van der Waals surface area contributed by atoms with Gasteiger partial charge in [0.2, 0.25) is 15.9 Å². The van der Waals surface area contributed by atoms with Crippen LogP contribution in [0.25, 0.3) is 0 Å². The van der Waals surface area contributed by atoms with E-state index in [0.29, 0.717) is 24.5 Å². The molecule has 6 nitrogen and oxygen atoms in total. The normalized spacial score (nSPS) is 13.4. The van der Waals surface area contributed by atoms with Gasteiger partial charge in [0.25, 0.3) is 0 Å². The number of ether oxygens (including phenoxy) is 1. The second kappa shape index (κ2) is 9.59. The lowest BCUT2D eigenvalue weighted by atomic mass is 10.1. The smallest absolute Gasteiger partial charge is 0.244 e. The minimum atomic E-state index is -3.67. The molecule has 2 rings (SSSR count). The van der Waals surface area contributed by atoms with Crippen molar-refractivity contribution in [1.82, 2.24) is 5.32 Å². The van der Waals surface area contributed by atoms with Crippen molar-refractivity contribution in [2.24, 2.45) is 0 Å². The van der Waals surface area contributed by atoms with Gasteiger partial charge in [-0.25, -0.2) is 8.42 Å². The Morgan fingerprint density at radius 1 is 1.07 bits per heavy atom. The van der Waals surface area contributed by atoms with Gasteiger partial charge in [-0.1, -0.05) is 37.3 Å². The molecule has 0 spiro atoms. The standard InChI is InChI=1S/C21H28N2O4S/c1-5-20(21(24)22-16(3)17-10-8-7-9-11-17)23(28(4,25)26)18-12-14-19(15-13-18)27-6-2/h7-16,20H,5-6H2,1-4H3,(H,22,24)/t16-,20+/m1/s1. The minimum Gasteiger partial charge on any atom is -0.494 e. The van der Waals surface area contributed by atoms with Crippen LogP contribution in [0.15, 0.2) is 54.6 Å². The van der Waals surface area contributed by atoms with E-state index >= 15 is 0 Å². The summed E-state index contributed by atoms with van der Waals surface area (Å²) < 4.78 is 31.6. The number of carbonyl (C=O) groups is 1. The zero-order valence-electron chi connectivity index (χ0n) is 16.8. The van der Waals surface area contributed by atoms with Gasteiger partial charge in [-0.05, 0) is 50.1 Å². The average molecular weight is 405 g/mol. The van der Waals surface area contributed by atoms with Crippen molar-refractivity contribution < 1.29 is 17.9 Å². The van der Waals surface area contributed by atoms with Crippen molar-refractivity contribution in [3.05, 3.63) is 60.2 Å². The predicted molar refractivity (Wildman–Crippen MR) is 112 cm³/mol. The highest BCUT2D eigenvalue weighted by molar-refractivity contribution is 7.92. The van der Waals surface area contributed by atoms with Crippen molar-refractivity contribution in [3.8, 4) is 5.75 Å². The number of hydrogen-bond acceptors (Lipinski definition) is 4. The van der Waals surface area contributed by atoms with Crippen LogP contribution in [0.3, 0.4) is 0 Å². The summed E-state index contributed by atoms with van der Waals surface area (Å²) in [6.07, 6.45) is 1.45. The van der Waals surface area contributed by atoms with E-state index in [1.165, 1.54) is 4.31 Å². The number of hydrogen-bond donors (Lipinski definition) is 1. The number of sulfonamides is 1. The monoisotopic (exact) mass is 404 g/mol. The largest absolute Gasteiger partial charge is 0.494 e. The molecule has 0 saturated heterocycles. The van der Waals surface area contributed by atoms with Crippen LogP contribution in [-0.4, -0.2) is 33.2 Å². The molecule has 0 fully saturated rings. The van der Waals surface area contributed by atoms with Crippen molar-refractivity contribution >= 4 is 21.6 Å². The molecule has 2 aromatic carbocycles. The molecule has 7 heteroatoms. The number of carbonyl (C=O) groups excluding carboxylic acids is 1. The van der Waals surface area contributed by atoms with E-state index in [9.17, 15) is 13.2 Å². The van der Waals surface area contributed by atoms with Gasteiger partial charge in [0.1, 0.15) is 11.8 Å². The molecule has 2 atom stereocenters. The second-order valence-corrected chi connectivity index (χ2v) is 8.41. The summed E-state index contributed by atoms with van der Waals surface area (Å²) in [6.45, 7) is 6.07. The molecule has 0 aliphatic rings. The van der Waals surface area contributed by atoms with Gasteiger partial charge in [0, 0.05) is 0 Å². The summed E-state index contributed by atoms with van der Waals surface area (Å²) in [5.41, 5.74) is 1.39. The van der Waals surface area contributed by atoms with Crippen LogP contribution in [0.1, 0.15) is 38.8 Å². The Morgan fingerprint density at radius 2 is 1.68 bits per heavy atom. The summed E-state index contributed by atoms with van der Waals surface area (Å²) in [7, 11) is -3.67. The predicted octanol–water partition coefficient (Wildman–Crippen LogP) is 3.51. The van der Waals surface area contributed by atoms with Crippen LogP contribution in [0.2, 0.25) is 0 Å². The lowest BCUT2D eigenvalue weighted by molar-refractivity contribution is -0.122. The summed E-state index contributed by atoms with van der Waals surface area (Å²) in [6, 6.07) is 15.2. The molecule has 1 amide bonds. The number of anilines is 1. The SMILES string of the molecule is CCOc1ccc(N([C@@H](CC)C(=O)N[C@H](C)c2ccccc2)S(C)(=O)=O)cc1. The lowest BCUT2D eigenvalue weighted by Gasteiger charge is -2.31. The van der Waals surface area contributed by atoms with Crippen LogP contribution in [-0.2, 0) is 14.8 Å². The number of nitrogens with one attached hydrogen (secondary N) is 1. The highest BCUT2D eigenvalue weighted by Gasteiger charge is 2.32. The van der Waals surface area contributed by atoms with Gasteiger partial charge in [-0.15, -0.1) is 0 Å². The van der Waals surface area contributed by atoms with Crippen LogP contribution < -0.4 is 14.4 Å². The quantitative estimate of drug-likeness (QED) is 0.694. The van der Waals surface area contributed by atoms with Gasteiger partial charge >= 0.3 is 0 Å². The molecule has 152 valence electrons. The Balaban J connectivity index is 2.28. The zero-order valence-corrected chi connectivity index (χ0v) is 17.6. The lowest BCUT2D eigenvalue weighted by Crippen LogP contribution is -2.49. The maximum Gasteiger partial charge on any atom is 0.244 e. The molecule has 0 aromatic heterocycles. The van der Waals surface area contributed by atoms with E-state index in [-0.39, 0.29) is 11.9 Å². The van der Waals surface area contributed by atoms with E-state index in [1.54, 1.807) is 31.2 Å². The van der Waals surface area contributed by atoms with Crippen molar-refractivity contribution in [1.29, 1.82) is 0 Å². The topological polar surface area (TPSA) is 75.7 Å². The molecule has 0 unspecified atom stereocenters. The number of rotatable bonds is 9. The Labute approximate surface area is 167 Å². The van der Waals surface area contributed by atoms with Crippen LogP contribution in [0, 0.1) is 0 Å². The van der Waals surface area contributed by atoms with E-state index in [2.05, 4.69) is 5.32 Å². The Bertz CT molecular complexity index is 867. The minimum absolute atomic E-state index is 0.232. The molecular formula is C21H28N2O4S. The molecule has 1 N–H and O–H groups in total. The number of nitrogens with zero attached hydrogens (tertiary/aromatic N) is 1. The average Bonchev–Trinajstić information content (AvgIpc) is 2.66. The van der Waals surface area contributed by atoms with Crippen LogP contribution in [0.4, 0.5) is 5.69 Å². The summed E-state index contributed by atoms with van der Waals surface area (Å²) >= 11 is 0. The maximum atomic E-state index is 12.9. The van der Waals surface area contributed by atoms with E-state index in [0.717, 1.165) is 11.8 Å². The van der Waals surface area contributed by atoms with Gasteiger partial charge in [-0.3, -0.25) is 9.10 Å². The summed E-state index contributed by atoms with van der Waals surface area (Å²) in [5, 5.41) is 2.93. The fraction of sp³-hybridized carbons (Fsp3) is 0.381. The summed E-state index contributed by atoms with van der Waals surface area (Å²) in [4.78, 5) is 12.9. The van der Waals surface area contributed by atoms with Crippen molar-refractivity contribution in [3.63, 3.8) is 0 Å². The Kier molecular flexibility index (Phi) is 7.45. The molecule has 0 aliphatic heterocycles. The van der Waals surface area contributed by atoms with Gasteiger partial charge < -0.3 is 10.1 Å². The van der Waals surface area contributed by atoms with E-state index in [4.69, 9.17) is 4.74 Å². The van der Waals surface area contributed by atoms with E-state index < -0.39 is 16.1 Å². The number of benzene rings is 2. The third-order valence-corrected chi connectivity index (χ3v) is 5.57. The maximum absolute atomic E-state index is 12.9. The Hall–Kier alpha value is -2.54. The first-order valence-electron chi connectivity index (χ1n) is 9.35. The van der Waals surface area contributed by atoms with Gasteiger partial charge in [0.15, 0.2) is 0 Å². The molecule has 0 heterocycles. The Morgan fingerprint density at radius 3 is 2.18 bits per heavy atom. The first-order chi connectivity index (χ1) is 13.3. The van der Waals surface area contributed by atoms with Gasteiger partial charge in [-0.2, -0.15) is 0 Å². The number of amides is 1. The third kappa shape index (κ3) is 5.48. The first kappa shape index (κ1) is 21.8. The third-order valence-electron chi connectivity index (χ3n) is 4.39. The fourth-order valence-electron chi connectivity index (χ4n) is 3.05. The molecule has 0 radical (unpaired) electrons.